The summed E-state index contributed by atoms with van der Waals surface area (Å²) in [5, 5.41) is 11.7. The molecule has 0 saturated carbocycles. The van der Waals surface area contributed by atoms with Crippen LogP contribution in [-0.2, 0) is 6.42 Å². The van der Waals surface area contributed by atoms with Crippen molar-refractivity contribution >= 4 is 11.9 Å². The highest BCUT2D eigenvalue weighted by atomic mass is 19.3. The molecule has 2 aromatic rings. The second kappa shape index (κ2) is 7.47. The third kappa shape index (κ3) is 3.96. The number of aromatic nitrogens is 1. The van der Waals surface area contributed by atoms with Crippen LogP contribution in [0.15, 0.2) is 36.5 Å². The summed E-state index contributed by atoms with van der Waals surface area (Å²) in [5.74, 6) is -1.45. The number of hydrogen-bond donors (Lipinski definition) is 2. The van der Waals surface area contributed by atoms with Crippen molar-refractivity contribution in [3.63, 3.8) is 0 Å². The van der Waals surface area contributed by atoms with Gasteiger partial charge in [0.2, 0.25) is 0 Å². The van der Waals surface area contributed by atoms with Crippen molar-refractivity contribution in [1.29, 1.82) is 0 Å². The Hall–Kier alpha value is -3.03. The molecule has 2 N–H and O–H groups in total. The van der Waals surface area contributed by atoms with Crippen LogP contribution in [0.5, 0.6) is 5.75 Å². The van der Waals surface area contributed by atoms with Crippen LogP contribution in [0.4, 0.5) is 8.78 Å². The van der Waals surface area contributed by atoms with Gasteiger partial charge in [0.05, 0.1) is 11.6 Å². The highest BCUT2D eigenvalue weighted by molar-refractivity contribution is 5.95. The number of amides is 1. The molecule has 1 atom stereocenters. The Morgan fingerprint density at radius 3 is 2.73 bits per heavy atom. The molecule has 1 aromatic carbocycles. The standard InChI is InChI=1S/C18H16F2N2O4/c19-18(20)26-12-5-6-13-10(8-12)2-1-3-14(13)22-16(23)11-4-7-15(17(24)25)21-9-11/h4-9,14,18H,1-3H2,(H,22,23)(H,24,25). The van der Waals surface area contributed by atoms with E-state index in [9.17, 15) is 18.4 Å². The molecular weight excluding hydrogens is 346 g/mol. The number of benzene rings is 1. The van der Waals surface area contributed by atoms with Gasteiger partial charge in [-0.1, -0.05) is 6.07 Å². The molecule has 1 aliphatic carbocycles. The number of nitrogens with zero attached hydrogens (tertiary/aromatic N) is 1. The molecule has 6 nitrogen and oxygen atoms in total. The summed E-state index contributed by atoms with van der Waals surface area (Å²) in [5.41, 5.74) is 1.83. The lowest BCUT2D eigenvalue weighted by atomic mass is 9.87. The molecular formula is C18H16F2N2O4. The maximum atomic E-state index is 12.4. The number of carboxylic acid groups (broad SMARTS) is 1. The second-order valence-electron chi connectivity index (χ2n) is 5.89. The van der Waals surface area contributed by atoms with E-state index in [1.165, 1.54) is 24.4 Å². The lowest BCUT2D eigenvalue weighted by Gasteiger charge is -2.27. The van der Waals surface area contributed by atoms with Crippen molar-refractivity contribution in [1.82, 2.24) is 10.3 Å². The highest BCUT2D eigenvalue weighted by Gasteiger charge is 2.23. The van der Waals surface area contributed by atoms with Gasteiger partial charge in [-0.3, -0.25) is 4.79 Å². The van der Waals surface area contributed by atoms with Gasteiger partial charge in [0.1, 0.15) is 11.4 Å². The fraction of sp³-hybridized carbons (Fsp3) is 0.278. The number of hydrogen-bond acceptors (Lipinski definition) is 4. The molecule has 0 fully saturated rings. The van der Waals surface area contributed by atoms with Gasteiger partial charge >= 0.3 is 12.6 Å². The maximum absolute atomic E-state index is 12.4. The van der Waals surface area contributed by atoms with E-state index < -0.39 is 12.6 Å². The number of rotatable bonds is 5. The third-order valence-electron chi connectivity index (χ3n) is 4.20. The van der Waals surface area contributed by atoms with Crippen LogP contribution in [0, 0.1) is 0 Å². The molecule has 0 aliphatic heterocycles. The van der Waals surface area contributed by atoms with Crippen LogP contribution >= 0.6 is 0 Å². The molecule has 0 spiro atoms. The number of carboxylic acids is 1. The van der Waals surface area contributed by atoms with E-state index in [4.69, 9.17) is 5.11 Å². The molecule has 1 amide bonds. The number of alkyl halides is 2. The number of halogens is 2. The molecule has 0 radical (unpaired) electrons. The Balaban J connectivity index is 1.75. The number of aromatic carboxylic acids is 1. The van der Waals surface area contributed by atoms with E-state index in [0.29, 0.717) is 6.42 Å². The van der Waals surface area contributed by atoms with Crippen LogP contribution in [0.1, 0.15) is 50.9 Å². The molecule has 1 heterocycles. The van der Waals surface area contributed by atoms with Crippen LogP contribution in [-0.4, -0.2) is 28.6 Å². The van der Waals surface area contributed by atoms with Gasteiger partial charge in [-0.15, -0.1) is 0 Å². The number of ether oxygens (including phenoxy) is 1. The van der Waals surface area contributed by atoms with Crippen molar-refractivity contribution < 1.29 is 28.2 Å². The van der Waals surface area contributed by atoms with Crippen molar-refractivity contribution in [2.24, 2.45) is 0 Å². The highest BCUT2D eigenvalue weighted by Crippen LogP contribution is 2.32. The molecule has 0 saturated heterocycles. The van der Waals surface area contributed by atoms with Crippen LogP contribution in [0.25, 0.3) is 0 Å². The zero-order valence-electron chi connectivity index (χ0n) is 13.6. The maximum Gasteiger partial charge on any atom is 0.387 e. The summed E-state index contributed by atoms with van der Waals surface area (Å²) in [6, 6.07) is 7.12. The number of aryl methyl sites for hydroxylation is 1. The van der Waals surface area contributed by atoms with E-state index in [1.54, 1.807) is 12.1 Å². The van der Waals surface area contributed by atoms with E-state index in [0.717, 1.165) is 24.0 Å². The van der Waals surface area contributed by atoms with Gasteiger partial charge in [0, 0.05) is 6.20 Å². The lowest BCUT2D eigenvalue weighted by Crippen LogP contribution is -2.31. The Labute approximate surface area is 147 Å². The Bertz CT molecular complexity index is 824. The average molecular weight is 362 g/mol. The number of pyridine rings is 1. The summed E-state index contributed by atoms with van der Waals surface area (Å²) in [4.78, 5) is 26.9. The molecule has 1 aliphatic rings. The SMILES string of the molecule is O=C(NC1CCCc2cc(OC(F)F)ccc21)c1ccc(C(=O)O)nc1. The first kappa shape index (κ1) is 17.8. The molecule has 1 aromatic heterocycles. The zero-order valence-corrected chi connectivity index (χ0v) is 13.6. The van der Waals surface area contributed by atoms with Crippen LogP contribution < -0.4 is 10.1 Å². The normalized spacial score (nSPS) is 16.0. The van der Waals surface area contributed by atoms with Crippen LogP contribution in [0.3, 0.4) is 0 Å². The molecule has 0 bridgehead atoms. The second-order valence-corrected chi connectivity index (χ2v) is 5.89. The monoisotopic (exact) mass is 362 g/mol. The minimum atomic E-state index is -2.88. The Kier molecular flexibility index (Phi) is 5.11. The Morgan fingerprint density at radius 2 is 2.08 bits per heavy atom. The summed E-state index contributed by atoms with van der Waals surface area (Å²) in [6.07, 6.45) is 3.44. The number of fused-ring (bicyclic) bond motifs is 1. The quantitative estimate of drug-likeness (QED) is 0.853. The van der Waals surface area contributed by atoms with Gasteiger partial charge in [0.25, 0.3) is 5.91 Å². The predicted octanol–water partition coefficient (Wildman–Crippen LogP) is 3.19. The first-order valence-electron chi connectivity index (χ1n) is 8.02. The molecule has 3 rings (SSSR count). The summed E-state index contributed by atoms with van der Waals surface area (Å²) < 4.78 is 29.1. The zero-order chi connectivity index (χ0) is 18.7. The molecule has 136 valence electrons. The van der Waals surface area contributed by atoms with E-state index in [1.807, 2.05) is 0 Å². The van der Waals surface area contributed by atoms with Crippen LogP contribution in [0.2, 0.25) is 0 Å². The summed E-state index contributed by atoms with van der Waals surface area (Å²) >= 11 is 0. The number of nitrogens with one attached hydrogen (secondary N) is 1. The fourth-order valence-electron chi connectivity index (χ4n) is 3.01. The minimum absolute atomic E-state index is 0.0965. The largest absolute Gasteiger partial charge is 0.477 e. The average Bonchev–Trinajstić information content (AvgIpc) is 2.61. The van der Waals surface area contributed by atoms with Crippen molar-refractivity contribution in [2.75, 3.05) is 0 Å². The smallest absolute Gasteiger partial charge is 0.387 e. The predicted molar refractivity (Wildman–Crippen MR) is 87.4 cm³/mol. The van der Waals surface area contributed by atoms with Gasteiger partial charge in [-0.05, 0) is 54.7 Å². The Morgan fingerprint density at radius 1 is 1.27 bits per heavy atom. The van der Waals surface area contributed by atoms with Gasteiger partial charge in [-0.2, -0.15) is 8.78 Å². The third-order valence-corrected chi connectivity index (χ3v) is 4.20. The molecule has 1 unspecified atom stereocenters. The number of carbonyl (C=O) groups excluding carboxylic acids is 1. The minimum Gasteiger partial charge on any atom is -0.477 e. The van der Waals surface area contributed by atoms with Crippen molar-refractivity contribution in [3.05, 3.63) is 58.9 Å². The van der Waals surface area contributed by atoms with E-state index in [-0.39, 0.29) is 29.0 Å². The van der Waals surface area contributed by atoms with Crippen molar-refractivity contribution in [3.8, 4) is 5.75 Å². The number of carbonyl (C=O) groups is 2. The van der Waals surface area contributed by atoms with Gasteiger partial charge < -0.3 is 15.2 Å². The first-order valence-corrected chi connectivity index (χ1v) is 8.02. The summed E-state index contributed by atoms with van der Waals surface area (Å²) in [6.45, 7) is -2.88. The lowest BCUT2D eigenvalue weighted by molar-refractivity contribution is -0.0499. The van der Waals surface area contributed by atoms with Gasteiger partial charge in [-0.25, -0.2) is 9.78 Å². The topological polar surface area (TPSA) is 88.5 Å². The molecule has 26 heavy (non-hydrogen) atoms. The van der Waals surface area contributed by atoms with E-state index >= 15 is 0 Å². The fourth-order valence-corrected chi connectivity index (χ4v) is 3.01. The summed E-state index contributed by atoms with van der Waals surface area (Å²) in [7, 11) is 0. The molecule has 8 heteroatoms. The first-order chi connectivity index (χ1) is 12.4. The van der Waals surface area contributed by atoms with E-state index in [2.05, 4.69) is 15.0 Å². The van der Waals surface area contributed by atoms with Gasteiger partial charge in [0.15, 0.2) is 0 Å². The van der Waals surface area contributed by atoms with Crippen molar-refractivity contribution in [2.45, 2.75) is 31.9 Å².